The van der Waals surface area contributed by atoms with E-state index in [4.69, 9.17) is 9.47 Å². The number of benzene rings is 1. The maximum Gasteiger partial charge on any atom is 0.124 e. The van der Waals surface area contributed by atoms with Crippen LogP contribution < -0.4 is 14.8 Å². The Hall–Kier alpha value is -1.52. The predicted molar refractivity (Wildman–Crippen MR) is 81.5 cm³/mol. The molecular formula is C16H19NO2S. The van der Waals surface area contributed by atoms with Crippen LogP contribution in [0.25, 0.3) is 0 Å². The Labute approximate surface area is 123 Å². The summed E-state index contributed by atoms with van der Waals surface area (Å²) in [6, 6.07) is 10.8. The molecule has 1 fully saturated rings. The zero-order valence-electron chi connectivity index (χ0n) is 11.6. The van der Waals surface area contributed by atoms with E-state index in [1.807, 2.05) is 18.2 Å². The van der Waals surface area contributed by atoms with E-state index < -0.39 is 0 Å². The molecule has 1 heterocycles. The minimum Gasteiger partial charge on any atom is -0.497 e. The summed E-state index contributed by atoms with van der Waals surface area (Å²) >= 11 is 1.72. The van der Waals surface area contributed by atoms with Crippen molar-refractivity contribution < 1.29 is 9.47 Å². The number of rotatable bonds is 7. The average Bonchev–Trinajstić information content (AvgIpc) is 3.17. The first kappa shape index (κ1) is 13.5. The third-order valence-corrected chi connectivity index (χ3v) is 4.23. The lowest BCUT2D eigenvalue weighted by atomic mass is 10.2. The molecule has 4 heteroatoms. The first-order chi connectivity index (χ1) is 9.85. The van der Waals surface area contributed by atoms with Crippen molar-refractivity contribution in [2.45, 2.75) is 32.0 Å². The van der Waals surface area contributed by atoms with Crippen LogP contribution in [-0.2, 0) is 13.2 Å². The van der Waals surface area contributed by atoms with Gasteiger partial charge in [-0.3, -0.25) is 0 Å². The molecule has 106 valence electrons. The Balaban J connectivity index is 1.69. The molecule has 0 saturated heterocycles. The number of nitrogens with one attached hydrogen (secondary N) is 1. The normalized spacial score (nSPS) is 14.2. The number of hydrogen-bond donors (Lipinski definition) is 1. The summed E-state index contributed by atoms with van der Waals surface area (Å²) in [5.74, 6) is 1.81. The van der Waals surface area contributed by atoms with Crippen LogP contribution in [0, 0.1) is 0 Å². The van der Waals surface area contributed by atoms with Crippen LogP contribution >= 0.6 is 11.3 Å². The smallest absolute Gasteiger partial charge is 0.124 e. The molecule has 1 aliphatic carbocycles. The van der Waals surface area contributed by atoms with Gasteiger partial charge in [-0.2, -0.15) is 0 Å². The molecule has 20 heavy (non-hydrogen) atoms. The Bertz CT molecular complexity index is 550. The van der Waals surface area contributed by atoms with Crippen molar-refractivity contribution in [3.63, 3.8) is 0 Å². The Morgan fingerprint density at radius 3 is 2.90 bits per heavy atom. The third kappa shape index (κ3) is 3.52. The lowest BCUT2D eigenvalue weighted by molar-refractivity contribution is 0.304. The number of methoxy groups -OCH3 is 1. The zero-order valence-corrected chi connectivity index (χ0v) is 12.4. The summed E-state index contributed by atoms with van der Waals surface area (Å²) in [7, 11) is 1.69. The quantitative estimate of drug-likeness (QED) is 0.845. The van der Waals surface area contributed by atoms with Crippen LogP contribution in [0.15, 0.2) is 35.7 Å². The predicted octanol–water partition coefficient (Wildman–Crippen LogP) is 3.59. The van der Waals surface area contributed by atoms with Crippen LogP contribution in [0.1, 0.15) is 23.3 Å². The topological polar surface area (TPSA) is 30.5 Å². The van der Waals surface area contributed by atoms with Gasteiger partial charge in [0.25, 0.3) is 0 Å². The number of hydrogen-bond acceptors (Lipinski definition) is 4. The van der Waals surface area contributed by atoms with E-state index in [-0.39, 0.29) is 0 Å². The molecule has 0 amide bonds. The van der Waals surface area contributed by atoms with Crippen molar-refractivity contribution in [2.24, 2.45) is 0 Å². The zero-order chi connectivity index (χ0) is 13.8. The molecule has 2 aromatic rings. The second-order valence-corrected chi connectivity index (χ2v) is 6.03. The van der Waals surface area contributed by atoms with E-state index in [9.17, 15) is 0 Å². The highest BCUT2D eigenvalue weighted by Gasteiger charge is 2.20. The van der Waals surface area contributed by atoms with E-state index in [0.717, 1.165) is 23.6 Å². The molecule has 0 spiro atoms. The highest BCUT2D eigenvalue weighted by molar-refractivity contribution is 7.09. The fourth-order valence-corrected chi connectivity index (χ4v) is 2.66. The maximum atomic E-state index is 5.95. The van der Waals surface area contributed by atoms with Crippen molar-refractivity contribution in [2.75, 3.05) is 7.11 Å². The molecule has 1 N–H and O–H groups in total. The molecule has 0 radical (unpaired) electrons. The van der Waals surface area contributed by atoms with Gasteiger partial charge < -0.3 is 14.8 Å². The fourth-order valence-electron chi connectivity index (χ4n) is 2.05. The minimum absolute atomic E-state index is 0.625. The monoisotopic (exact) mass is 289 g/mol. The van der Waals surface area contributed by atoms with Gasteiger partial charge in [0.1, 0.15) is 18.1 Å². The Kier molecular flexibility index (Phi) is 4.23. The van der Waals surface area contributed by atoms with Crippen LogP contribution in [-0.4, -0.2) is 13.2 Å². The van der Waals surface area contributed by atoms with Gasteiger partial charge in [0.05, 0.1) is 7.11 Å². The van der Waals surface area contributed by atoms with Crippen molar-refractivity contribution in [3.8, 4) is 11.5 Å². The van der Waals surface area contributed by atoms with Gasteiger partial charge in [-0.05, 0) is 42.5 Å². The summed E-state index contributed by atoms with van der Waals surface area (Å²) in [5.41, 5.74) is 1.16. The molecule has 3 nitrogen and oxygen atoms in total. The first-order valence-electron chi connectivity index (χ1n) is 6.90. The van der Waals surface area contributed by atoms with E-state index >= 15 is 0 Å². The summed E-state index contributed by atoms with van der Waals surface area (Å²) < 4.78 is 11.2. The largest absolute Gasteiger partial charge is 0.497 e. The van der Waals surface area contributed by atoms with Gasteiger partial charge in [-0.15, -0.1) is 11.3 Å². The summed E-state index contributed by atoms with van der Waals surface area (Å²) in [4.78, 5) is 1.24. The maximum absolute atomic E-state index is 5.95. The SMILES string of the molecule is COc1ccc(OCc2cccs2)c(CNC2CC2)c1. The molecule has 1 aromatic carbocycles. The molecule has 3 rings (SSSR count). The van der Waals surface area contributed by atoms with Crippen molar-refractivity contribution >= 4 is 11.3 Å². The molecule has 0 atom stereocenters. The lowest BCUT2D eigenvalue weighted by Crippen LogP contribution is -2.16. The molecule has 0 aliphatic heterocycles. The summed E-state index contributed by atoms with van der Waals surface area (Å²) in [6.45, 7) is 1.46. The van der Waals surface area contributed by atoms with Crippen molar-refractivity contribution in [1.82, 2.24) is 5.32 Å². The molecule has 1 aliphatic rings. The molecule has 0 unspecified atom stereocenters. The van der Waals surface area contributed by atoms with Crippen molar-refractivity contribution in [1.29, 1.82) is 0 Å². The highest BCUT2D eigenvalue weighted by Crippen LogP contribution is 2.27. The van der Waals surface area contributed by atoms with Crippen molar-refractivity contribution in [3.05, 3.63) is 46.2 Å². The van der Waals surface area contributed by atoms with E-state index in [1.54, 1.807) is 18.4 Å². The van der Waals surface area contributed by atoms with Gasteiger partial charge in [0.15, 0.2) is 0 Å². The first-order valence-corrected chi connectivity index (χ1v) is 7.78. The molecule has 0 bridgehead atoms. The van der Waals surface area contributed by atoms with Crippen LogP contribution in [0.3, 0.4) is 0 Å². The molecule has 1 aromatic heterocycles. The molecular weight excluding hydrogens is 270 g/mol. The van der Waals surface area contributed by atoms with Gasteiger partial charge >= 0.3 is 0 Å². The minimum atomic E-state index is 0.625. The number of thiophene rings is 1. The van der Waals surface area contributed by atoms with Gasteiger partial charge in [0.2, 0.25) is 0 Å². The number of ether oxygens (including phenoxy) is 2. The Morgan fingerprint density at radius 2 is 2.20 bits per heavy atom. The van der Waals surface area contributed by atoms with Gasteiger partial charge in [-0.1, -0.05) is 6.07 Å². The van der Waals surface area contributed by atoms with E-state index in [0.29, 0.717) is 12.6 Å². The van der Waals surface area contributed by atoms with E-state index in [2.05, 4.69) is 22.8 Å². The standard InChI is InChI=1S/C16H19NO2S/c1-18-14-6-7-16(19-11-15-3-2-8-20-15)12(9-14)10-17-13-4-5-13/h2-3,6-9,13,17H,4-5,10-11H2,1H3. The van der Waals surface area contributed by atoms with Gasteiger partial charge in [0, 0.05) is 23.0 Å². The van der Waals surface area contributed by atoms with E-state index in [1.165, 1.54) is 17.7 Å². The lowest BCUT2D eigenvalue weighted by Gasteiger charge is -2.13. The third-order valence-electron chi connectivity index (χ3n) is 3.38. The van der Waals surface area contributed by atoms with Crippen LogP contribution in [0.2, 0.25) is 0 Å². The summed E-state index contributed by atoms with van der Waals surface area (Å²) in [6.07, 6.45) is 2.57. The summed E-state index contributed by atoms with van der Waals surface area (Å²) in [5, 5.41) is 5.60. The van der Waals surface area contributed by atoms with Crippen LogP contribution in [0.4, 0.5) is 0 Å². The highest BCUT2D eigenvalue weighted by atomic mass is 32.1. The Morgan fingerprint density at radius 1 is 1.30 bits per heavy atom. The fraction of sp³-hybridized carbons (Fsp3) is 0.375. The van der Waals surface area contributed by atoms with Crippen LogP contribution in [0.5, 0.6) is 11.5 Å². The second-order valence-electron chi connectivity index (χ2n) is 5.00. The molecule has 1 saturated carbocycles. The second kappa shape index (κ2) is 6.29. The van der Waals surface area contributed by atoms with Gasteiger partial charge in [-0.25, -0.2) is 0 Å². The average molecular weight is 289 g/mol.